The highest BCUT2D eigenvalue weighted by Gasteiger charge is 2.19. The van der Waals surface area contributed by atoms with Crippen LogP contribution in [0.4, 0.5) is 0 Å². The zero-order valence-corrected chi connectivity index (χ0v) is 10.6. The maximum Gasteiger partial charge on any atom is 0.324 e. The smallest absolute Gasteiger partial charge is 0.324 e. The molecule has 2 heterocycles. The summed E-state index contributed by atoms with van der Waals surface area (Å²) in [4.78, 5) is 15.8. The Kier molecular flexibility index (Phi) is 3.17. The van der Waals surface area contributed by atoms with E-state index in [2.05, 4.69) is 25.9 Å². The van der Waals surface area contributed by atoms with Gasteiger partial charge < -0.3 is 4.74 Å². The highest BCUT2D eigenvalue weighted by Crippen LogP contribution is 2.16. The fourth-order valence-corrected chi connectivity index (χ4v) is 1.27. The van der Waals surface area contributed by atoms with E-state index < -0.39 is 5.60 Å². The van der Waals surface area contributed by atoms with Crippen molar-refractivity contribution in [1.29, 1.82) is 0 Å². The minimum Gasteiger partial charge on any atom is -0.444 e. The maximum atomic E-state index is 5.81. The van der Waals surface area contributed by atoms with E-state index in [9.17, 15) is 0 Å². The van der Waals surface area contributed by atoms with Gasteiger partial charge in [-0.05, 0) is 25.4 Å². The molecule has 0 fully saturated rings. The summed E-state index contributed by atoms with van der Waals surface area (Å²) in [5.41, 5.74) is -0.823. The molecule has 0 amide bonds. The minimum atomic E-state index is -0.823. The SMILES string of the molecule is C#CC(C)(C)Oc1nc(Cl)nc(-n2ccnc2)n1. The summed E-state index contributed by atoms with van der Waals surface area (Å²) in [6, 6.07) is 0.0710. The number of rotatable bonds is 3. The van der Waals surface area contributed by atoms with Crippen molar-refractivity contribution >= 4 is 11.6 Å². The van der Waals surface area contributed by atoms with Crippen molar-refractivity contribution in [3.63, 3.8) is 0 Å². The van der Waals surface area contributed by atoms with E-state index in [1.807, 2.05) is 0 Å². The number of halogens is 1. The molecule has 0 aliphatic heterocycles. The first-order valence-corrected chi connectivity index (χ1v) is 5.45. The molecule has 0 aliphatic carbocycles. The number of aromatic nitrogens is 5. The van der Waals surface area contributed by atoms with E-state index in [0.29, 0.717) is 5.95 Å². The van der Waals surface area contributed by atoms with Crippen LogP contribution < -0.4 is 4.74 Å². The van der Waals surface area contributed by atoms with Gasteiger partial charge in [0.1, 0.15) is 6.33 Å². The van der Waals surface area contributed by atoms with Crippen LogP contribution in [-0.4, -0.2) is 30.1 Å². The van der Waals surface area contributed by atoms with Gasteiger partial charge in [-0.2, -0.15) is 15.0 Å². The van der Waals surface area contributed by atoms with Crippen molar-refractivity contribution in [3.05, 3.63) is 24.0 Å². The minimum absolute atomic E-state index is 0.0246. The molecule has 0 bridgehead atoms. The third kappa shape index (κ3) is 2.76. The van der Waals surface area contributed by atoms with E-state index in [0.717, 1.165) is 0 Å². The lowest BCUT2D eigenvalue weighted by Crippen LogP contribution is -2.27. The average molecular weight is 264 g/mol. The Bertz CT molecular complexity index is 588. The van der Waals surface area contributed by atoms with Crippen LogP contribution in [-0.2, 0) is 0 Å². The predicted molar refractivity (Wildman–Crippen MR) is 65.5 cm³/mol. The monoisotopic (exact) mass is 263 g/mol. The van der Waals surface area contributed by atoms with Gasteiger partial charge in [0.25, 0.3) is 0 Å². The van der Waals surface area contributed by atoms with Gasteiger partial charge in [-0.25, -0.2) is 4.98 Å². The molecular weight excluding hydrogens is 254 g/mol. The standard InChI is InChI=1S/C11H10ClN5O/c1-4-11(2,3)18-10-15-8(12)14-9(16-10)17-6-5-13-7-17/h1,5-7H,2-3H3. The quantitative estimate of drug-likeness (QED) is 0.785. The molecule has 6 nitrogen and oxygen atoms in total. The molecule has 92 valence electrons. The van der Waals surface area contributed by atoms with Gasteiger partial charge in [-0.3, -0.25) is 4.57 Å². The summed E-state index contributed by atoms with van der Waals surface area (Å²) in [6.45, 7) is 3.45. The molecular formula is C11H10ClN5O. The molecule has 2 aromatic heterocycles. The second-order valence-corrected chi connectivity index (χ2v) is 4.25. The second-order valence-electron chi connectivity index (χ2n) is 3.91. The molecule has 2 rings (SSSR count). The van der Waals surface area contributed by atoms with Crippen LogP contribution in [0, 0.1) is 12.3 Å². The normalized spacial score (nSPS) is 11.0. The van der Waals surface area contributed by atoms with Crippen LogP contribution in [0.25, 0.3) is 5.95 Å². The van der Waals surface area contributed by atoms with Crippen LogP contribution in [0.2, 0.25) is 5.28 Å². The number of ether oxygens (including phenoxy) is 1. The van der Waals surface area contributed by atoms with Crippen LogP contribution in [0.5, 0.6) is 6.01 Å². The number of imidazole rings is 1. The van der Waals surface area contributed by atoms with Crippen LogP contribution in [0.15, 0.2) is 18.7 Å². The number of nitrogens with zero attached hydrogens (tertiary/aromatic N) is 5. The Morgan fingerprint density at radius 3 is 2.78 bits per heavy atom. The maximum absolute atomic E-state index is 5.81. The molecule has 7 heteroatoms. The summed E-state index contributed by atoms with van der Waals surface area (Å²) in [7, 11) is 0. The van der Waals surface area contributed by atoms with E-state index >= 15 is 0 Å². The zero-order valence-electron chi connectivity index (χ0n) is 9.83. The molecule has 0 aliphatic rings. The lowest BCUT2D eigenvalue weighted by atomic mass is 10.2. The van der Waals surface area contributed by atoms with Gasteiger partial charge in [0.2, 0.25) is 11.2 Å². The Morgan fingerprint density at radius 1 is 1.39 bits per heavy atom. The molecule has 0 saturated heterocycles. The molecule has 0 atom stereocenters. The average Bonchev–Trinajstić information content (AvgIpc) is 2.81. The third-order valence-electron chi connectivity index (χ3n) is 2.01. The predicted octanol–water partition coefficient (Wildman–Crippen LogP) is 1.50. The van der Waals surface area contributed by atoms with E-state index in [1.165, 1.54) is 0 Å². The first-order valence-electron chi connectivity index (χ1n) is 5.07. The molecule has 2 aromatic rings. The molecule has 18 heavy (non-hydrogen) atoms. The lowest BCUT2D eigenvalue weighted by Gasteiger charge is -2.18. The van der Waals surface area contributed by atoms with Crippen molar-refractivity contribution in [2.24, 2.45) is 0 Å². The Morgan fingerprint density at radius 2 is 2.17 bits per heavy atom. The molecule has 0 N–H and O–H groups in total. The van der Waals surface area contributed by atoms with Gasteiger partial charge >= 0.3 is 6.01 Å². The van der Waals surface area contributed by atoms with Crippen LogP contribution in [0.3, 0.4) is 0 Å². The number of hydrogen-bond donors (Lipinski definition) is 0. The van der Waals surface area contributed by atoms with Crippen molar-refractivity contribution < 1.29 is 4.74 Å². The first kappa shape index (κ1) is 12.3. The van der Waals surface area contributed by atoms with Crippen molar-refractivity contribution in [3.8, 4) is 24.3 Å². The van der Waals surface area contributed by atoms with E-state index in [4.69, 9.17) is 22.8 Å². The third-order valence-corrected chi connectivity index (χ3v) is 2.17. The van der Waals surface area contributed by atoms with Crippen LogP contribution in [0.1, 0.15) is 13.8 Å². The van der Waals surface area contributed by atoms with Gasteiger partial charge in [0, 0.05) is 12.4 Å². The molecule has 0 aromatic carbocycles. The van der Waals surface area contributed by atoms with Gasteiger partial charge in [-0.15, -0.1) is 6.42 Å². The molecule has 0 unspecified atom stereocenters. The largest absolute Gasteiger partial charge is 0.444 e. The fourth-order valence-electron chi connectivity index (χ4n) is 1.12. The van der Waals surface area contributed by atoms with Crippen molar-refractivity contribution in [1.82, 2.24) is 24.5 Å². The molecule has 0 radical (unpaired) electrons. The summed E-state index contributed by atoms with van der Waals surface area (Å²) in [6.07, 6.45) is 10.2. The number of hydrogen-bond acceptors (Lipinski definition) is 5. The van der Waals surface area contributed by atoms with Crippen molar-refractivity contribution in [2.75, 3.05) is 0 Å². The first-order chi connectivity index (χ1) is 8.50. The van der Waals surface area contributed by atoms with E-state index in [-0.39, 0.29) is 11.3 Å². The zero-order chi connectivity index (χ0) is 13.2. The van der Waals surface area contributed by atoms with Crippen molar-refractivity contribution in [2.45, 2.75) is 19.4 Å². The lowest BCUT2D eigenvalue weighted by molar-refractivity contribution is 0.155. The van der Waals surface area contributed by atoms with Gasteiger partial charge in [-0.1, -0.05) is 5.92 Å². The summed E-state index contributed by atoms with van der Waals surface area (Å²) in [5.74, 6) is 2.79. The van der Waals surface area contributed by atoms with E-state index in [1.54, 1.807) is 37.1 Å². The molecule has 0 saturated carbocycles. The summed E-state index contributed by atoms with van der Waals surface area (Å²) >= 11 is 5.81. The summed E-state index contributed by atoms with van der Waals surface area (Å²) < 4.78 is 7.04. The number of terminal acetylenes is 1. The highest BCUT2D eigenvalue weighted by molar-refractivity contribution is 6.28. The summed E-state index contributed by atoms with van der Waals surface area (Å²) in [5, 5.41) is 0.0246. The Labute approximate surface area is 109 Å². The highest BCUT2D eigenvalue weighted by atomic mass is 35.5. The Balaban J connectivity index is 2.37. The van der Waals surface area contributed by atoms with Gasteiger partial charge in [0.15, 0.2) is 5.60 Å². The topological polar surface area (TPSA) is 65.7 Å². The fraction of sp³-hybridized carbons (Fsp3) is 0.273. The molecule has 0 spiro atoms. The van der Waals surface area contributed by atoms with Crippen LogP contribution >= 0.6 is 11.6 Å². The second kappa shape index (κ2) is 4.63. The Hall–Kier alpha value is -2.13. The van der Waals surface area contributed by atoms with Gasteiger partial charge in [0.05, 0.1) is 0 Å².